The molecule has 0 bridgehead atoms. The van der Waals surface area contributed by atoms with Gasteiger partial charge >= 0.3 is 0 Å². The van der Waals surface area contributed by atoms with Gasteiger partial charge in [-0.3, -0.25) is 0 Å². The Balaban J connectivity index is 2.20. The molecule has 1 saturated carbocycles. The highest BCUT2D eigenvalue weighted by Crippen LogP contribution is 2.38. The lowest BCUT2D eigenvalue weighted by Gasteiger charge is -2.13. The monoisotopic (exact) mass is 264 g/mol. The van der Waals surface area contributed by atoms with E-state index in [2.05, 4.69) is 22.2 Å². The molecule has 2 aromatic heterocycles. The van der Waals surface area contributed by atoms with Crippen molar-refractivity contribution in [1.29, 1.82) is 0 Å². The molecule has 2 unspecified atom stereocenters. The lowest BCUT2D eigenvalue weighted by Crippen LogP contribution is -2.10. The van der Waals surface area contributed by atoms with Gasteiger partial charge in [-0.25, -0.2) is 0 Å². The molecule has 0 saturated heterocycles. The van der Waals surface area contributed by atoms with Gasteiger partial charge in [0.1, 0.15) is 0 Å². The maximum Gasteiger partial charge on any atom is 0.181 e. The van der Waals surface area contributed by atoms with Gasteiger partial charge in [-0.15, -0.1) is 10.2 Å². The molecule has 0 spiro atoms. The van der Waals surface area contributed by atoms with Gasteiger partial charge in [0.15, 0.2) is 16.6 Å². The molecule has 0 amide bonds. The zero-order valence-corrected chi connectivity index (χ0v) is 11.7. The van der Waals surface area contributed by atoms with Crippen molar-refractivity contribution < 1.29 is 0 Å². The number of hydrogen-bond acceptors (Lipinski definition) is 3. The van der Waals surface area contributed by atoms with Crippen molar-refractivity contribution in [2.75, 3.05) is 0 Å². The second-order valence-corrected chi connectivity index (χ2v) is 5.71. The van der Waals surface area contributed by atoms with E-state index in [-0.39, 0.29) is 0 Å². The number of fused-ring (bicyclic) bond motifs is 1. The highest BCUT2D eigenvalue weighted by Gasteiger charge is 2.30. The van der Waals surface area contributed by atoms with E-state index in [0.717, 1.165) is 22.6 Å². The molecule has 18 heavy (non-hydrogen) atoms. The number of hydrogen-bond donors (Lipinski definition) is 0. The normalized spacial score (nSPS) is 24.0. The Kier molecular flexibility index (Phi) is 2.77. The van der Waals surface area contributed by atoms with Crippen LogP contribution < -0.4 is 0 Å². The van der Waals surface area contributed by atoms with E-state index >= 15 is 0 Å². The van der Waals surface area contributed by atoms with Crippen LogP contribution in [0.1, 0.15) is 49.1 Å². The number of rotatable bonds is 1. The number of halogens is 1. The van der Waals surface area contributed by atoms with Gasteiger partial charge in [-0.2, -0.15) is 9.61 Å². The standard InChI is InChI=1S/C13H17ClN4/c1-7-5-4-6-10(7)13-16-15-12-9(3)8(2)11(14)17-18(12)13/h7,10H,4-6H2,1-3H3. The van der Waals surface area contributed by atoms with Crippen LogP contribution in [0.5, 0.6) is 0 Å². The molecule has 2 heterocycles. The second kappa shape index (κ2) is 4.19. The van der Waals surface area contributed by atoms with E-state index in [1.54, 1.807) is 0 Å². The van der Waals surface area contributed by atoms with Crippen LogP contribution in [0, 0.1) is 19.8 Å². The average molecular weight is 265 g/mol. The largest absolute Gasteiger partial charge is 0.195 e. The van der Waals surface area contributed by atoms with Crippen LogP contribution in [0.3, 0.4) is 0 Å². The summed E-state index contributed by atoms with van der Waals surface area (Å²) in [6.07, 6.45) is 3.70. The predicted molar refractivity (Wildman–Crippen MR) is 71.0 cm³/mol. The summed E-state index contributed by atoms with van der Waals surface area (Å²) in [7, 11) is 0. The van der Waals surface area contributed by atoms with E-state index in [9.17, 15) is 0 Å². The molecule has 4 nitrogen and oxygen atoms in total. The molecular formula is C13H17ClN4. The fraction of sp³-hybridized carbons (Fsp3) is 0.615. The van der Waals surface area contributed by atoms with Gasteiger partial charge in [-0.1, -0.05) is 24.9 Å². The van der Waals surface area contributed by atoms with Crippen molar-refractivity contribution in [3.05, 3.63) is 22.1 Å². The topological polar surface area (TPSA) is 43.1 Å². The Labute approximate surface area is 111 Å². The van der Waals surface area contributed by atoms with Gasteiger partial charge < -0.3 is 0 Å². The highest BCUT2D eigenvalue weighted by molar-refractivity contribution is 6.30. The lowest BCUT2D eigenvalue weighted by molar-refractivity contribution is 0.499. The first-order valence-corrected chi connectivity index (χ1v) is 6.85. The Morgan fingerprint density at radius 2 is 1.94 bits per heavy atom. The van der Waals surface area contributed by atoms with Crippen molar-refractivity contribution >= 4 is 17.2 Å². The van der Waals surface area contributed by atoms with Crippen LogP contribution in [-0.4, -0.2) is 19.8 Å². The van der Waals surface area contributed by atoms with Crippen molar-refractivity contribution in [2.45, 2.75) is 46.0 Å². The Hall–Kier alpha value is -1.16. The summed E-state index contributed by atoms with van der Waals surface area (Å²) >= 11 is 6.18. The van der Waals surface area contributed by atoms with E-state index < -0.39 is 0 Å². The molecule has 3 rings (SSSR count). The molecule has 0 N–H and O–H groups in total. The van der Waals surface area contributed by atoms with Crippen molar-refractivity contribution in [3.63, 3.8) is 0 Å². The van der Waals surface area contributed by atoms with Crippen LogP contribution in [0.15, 0.2) is 0 Å². The van der Waals surface area contributed by atoms with Crippen molar-refractivity contribution in [3.8, 4) is 0 Å². The molecule has 2 aromatic rings. The summed E-state index contributed by atoms with van der Waals surface area (Å²) in [4.78, 5) is 0. The van der Waals surface area contributed by atoms with Crippen LogP contribution in [-0.2, 0) is 0 Å². The minimum Gasteiger partial charge on any atom is -0.195 e. The molecule has 1 aliphatic carbocycles. The Bertz CT molecular complexity index is 605. The number of nitrogens with zero attached hydrogens (tertiary/aromatic N) is 4. The molecule has 5 heteroatoms. The van der Waals surface area contributed by atoms with E-state index in [1.807, 2.05) is 18.4 Å². The predicted octanol–water partition coefficient (Wildman–Crippen LogP) is 3.30. The van der Waals surface area contributed by atoms with Gasteiger partial charge in [-0.05, 0) is 38.2 Å². The van der Waals surface area contributed by atoms with Gasteiger partial charge in [0.2, 0.25) is 0 Å². The van der Waals surface area contributed by atoms with Crippen LogP contribution in [0.2, 0.25) is 5.15 Å². The summed E-state index contributed by atoms with van der Waals surface area (Å²) in [6, 6.07) is 0. The summed E-state index contributed by atoms with van der Waals surface area (Å²) in [5.74, 6) is 2.09. The fourth-order valence-corrected chi connectivity index (χ4v) is 3.09. The molecule has 96 valence electrons. The van der Waals surface area contributed by atoms with Gasteiger partial charge in [0, 0.05) is 11.5 Å². The Morgan fingerprint density at radius 1 is 1.17 bits per heavy atom. The molecule has 0 aliphatic heterocycles. The quantitative estimate of drug-likeness (QED) is 0.794. The maximum absolute atomic E-state index is 6.18. The van der Waals surface area contributed by atoms with E-state index in [1.165, 1.54) is 19.3 Å². The van der Waals surface area contributed by atoms with Crippen molar-refractivity contribution in [2.24, 2.45) is 5.92 Å². The smallest absolute Gasteiger partial charge is 0.181 e. The highest BCUT2D eigenvalue weighted by atomic mass is 35.5. The summed E-state index contributed by atoms with van der Waals surface area (Å²) in [5, 5.41) is 13.6. The van der Waals surface area contributed by atoms with E-state index in [4.69, 9.17) is 11.6 Å². The molecule has 0 radical (unpaired) electrons. The van der Waals surface area contributed by atoms with Gasteiger partial charge in [0.25, 0.3) is 0 Å². The summed E-state index contributed by atoms with van der Waals surface area (Å²) < 4.78 is 1.84. The van der Waals surface area contributed by atoms with Crippen molar-refractivity contribution in [1.82, 2.24) is 19.8 Å². The number of aryl methyl sites for hydroxylation is 1. The first-order valence-electron chi connectivity index (χ1n) is 6.47. The minimum atomic E-state index is 0.464. The third kappa shape index (κ3) is 1.62. The number of aromatic nitrogens is 4. The first-order chi connectivity index (χ1) is 8.59. The molecule has 1 fully saturated rings. The van der Waals surface area contributed by atoms with Gasteiger partial charge in [0.05, 0.1) is 0 Å². The zero-order chi connectivity index (χ0) is 12.9. The summed E-state index contributed by atoms with van der Waals surface area (Å²) in [6.45, 7) is 6.27. The zero-order valence-electron chi connectivity index (χ0n) is 10.9. The molecule has 2 atom stereocenters. The molecule has 0 aromatic carbocycles. The van der Waals surface area contributed by atoms with Crippen LogP contribution in [0.4, 0.5) is 0 Å². The minimum absolute atomic E-state index is 0.464. The molecule has 1 aliphatic rings. The first kappa shape index (κ1) is 11.9. The SMILES string of the molecule is Cc1c(Cl)nn2c(C3CCCC3C)nnc2c1C. The maximum atomic E-state index is 6.18. The lowest BCUT2D eigenvalue weighted by atomic mass is 9.97. The molecular weight excluding hydrogens is 248 g/mol. The third-order valence-electron chi connectivity index (χ3n) is 4.25. The second-order valence-electron chi connectivity index (χ2n) is 5.35. The summed E-state index contributed by atoms with van der Waals surface area (Å²) in [5.41, 5.74) is 2.90. The van der Waals surface area contributed by atoms with E-state index in [0.29, 0.717) is 17.0 Å². The third-order valence-corrected chi connectivity index (χ3v) is 4.61. The average Bonchev–Trinajstić information content (AvgIpc) is 2.92. The van der Waals surface area contributed by atoms with Crippen LogP contribution >= 0.6 is 11.6 Å². The fourth-order valence-electron chi connectivity index (χ4n) is 2.87. The Morgan fingerprint density at radius 3 is 2.61 bits per heavy atom. The van der Waals surface area contributed by atoms with Crippen LogP contribution in [0.25, 0.3) is 5.65 Å².